The lowest BCUT2D eigenvalue weighted by Crippen LogP contribution is -2.01. The number of nitrogen functional groups attached to an aromatic ring is 1. The highest BCUT2D eigenvalue weighted by Gasteiger charge is 2.01. The lowest BCUT2D eigenvalue weighted by atomic mass is 10.2. The molecule has 0 fully saturated rings. The van der Waals surface area contributed by atoms with Crippen molar-refractivity contribution in [3.05, 3.63) is 46.8 Å². The van der Waals surface area contributed by atoms with Gasteiger partial charge in [-0.1, -0.05) is 28.1 Å². The van der Waals surface area contributed by atoms with Crippen LogP contribution in [0.4, 0.5) is 5.69 Å². The molecule has 0 spiro atoms. The normalized spacial score (nSPS) is 10.1. The van der Waals surface area contributed by atoms with Crippen LogP contribution in [0, 0.1) is 0 Å². The van der Waals surface area contributed by atoms with Crippen LogP contribution in [-0.4, -0.2) is 9.97 Å². The molecule has 2 aromatic rings. The van der Waals surface area contributed by atoms with E-state index in [1.165, 1.54) is 12.5 Å². The molecule has 16 heavy (non-hydrogen) atoms. The molecule has 0 saturated carbocycles. The number of ether oxygens (including phenoxy) is 1. The second-order valence-electron chi connectivity index (χ2n) is 3.20. The number of hydrogen-bond acceptors (Lipinski definition) is 4. The number of anilines is 1. The number of nitrogens with zero attached hydrogens (tertiary/aromatic N) is 2. The molecule has 2 N–H and O–H groups in total. The van der Waals surface area contributed by atoms with Gasteiger partial charge in [0.1, 0.15) is 18.6 Å². The molecule has 0 aliphatic heterocycles. The largest absolute Gasteiger partial charge is 0.471 e. The first-order chi connectivity index (χ1) is 7.75. The predicted octanol–water partition coefficient (Wildman–Crippen LogP) is 2.40. The van der Waals surface area contributed by atoms with Gasteiger partial charge in [0, 0.05) is 4.47 Å². The molecule has 82 valence electrons. The fraction of sp³-hybridized carbons (Fsp3) is 0.0909. The number of aromatic nitrogens is 2. The topological polar surface area (TPSA) is 61.0 Å². The van der Waals surface area contributed by atoms with E-state index in [2.05, 4.69) is 25.9 Å². The molecule has 5 heteroatoms. The van der Waals surface area contributed by atoms with E-state index in [0.717, 1.165) is 10.0 Å². The summed E-state index contributed by atoms with van der Waals surface area (Å²) in [6.07, 6.45) is 2.93. The number of nitrogens with two attached hydrogens (primary N) is 1. The fourth-order valence-electron chi connectivity index (χ4n) is 1.23. The van der Waals surface area contributed by atoms with Gasteiger partial charge in [0.05, 0.1) is 6.20 Å². The molecule has 0 aliphatic rings. The Hall–Kier alpha value is -1.62. The van der Waals surface area contributed by atoms with Crippen LogP contribution in [0.5, 0.6) is 5.88 Å². The SMILES string of the molecule is Nc1cncnc1OCc1cccc(Br)c1. The maximum atomic E-state index is 5.66. The van der Waals surface area contributed by atoms with Crippen molar-refractivity contribution < 1.29 is 4.74 Å². The Kier molecular flexibility index (Phi) is 3.36. The van der Waals surface area contributed by atoms with E-state index < -0.39 is 0 Å². The lowest BCUT2D eigenvalue weighted by Gasteiger charge is -2.06. The Morgan fingerprint density at radius 1 is 1.38 bits per heavy atom. The zero-order valence-corrected chi connectivity index (χ0v) is 10.0. The monoisotopic (exact) mass is 279 g/mol. The van der Waals surface area contributed by atoms with Crippen molar-refractivity contribution >= 4 is 21.6 Å². The minimum atomic E-state index is 0.412. The van der Waals surface area contributed by atoms with Crippen molar-refractivity contribution in [1.29, 1.82) is 0 Å². The standard InChI is InChI=1S/C11H10BrN3O/c12-9-3-1-2-8(4-9)6-16-11-10(13)5-14-7-15-11/h1-5,7H,6,13H2. The molecule has 0 unspecified atom stereocenters. The van der Waals surface area contributed by atoms with Gasteiger partial charge in [-0.05, 0) is 17.7 Å². The van der Waals surface area contributed by atoms with E-state index in [4.69, 9.17) is 10.5 Å². The third-order valence-corrected chi connectivity index (χ3v) is 2.46. The third-order valence-electron chi connectivity index (χ3n) is 1.97. The first kappa shape index (κ1) is 10.9. The highest BCUT2D eigenvalue weighted by atomic mass is 79.9. The molecular formula is C11H10BrN3O. The zero-order chi connectivity index (χ0) is 11.4. The van der Waals surface area contributed by atoms with Crippen LogP contribution < -0.4 is 10.5 Å². The van der Waals surface area contributed by atoms with Gasteiger partial charge in [-0.3, -0.25) is 0 Å². The summed E-state index contributed by atoms with van der Waals surface area (Å²) in [6, 6.07) is 7.87. The van der Waals surface area contributed by atoms with E-state index in [0.29, 0.717) is 18.2 Å². The van der Waals surface area contributed by atoms with Gasteiger partial charge in [0.15, 0.2) is 0 Å². The molecular weight excluding hydrogens is 270 g/mol. The average molecular weight is 280 g/mol. The molecule has 4 nitrogen and oxygen atoms in total. The summed E-state index contributed by atoms with van der Waals surface area (Å²) in [5.41, 5.74) is 7.15. The average Bonchev–Trinajstić information content (AvgIpc) is 2.28. The van der Waals surface area contributed by atoms with Gasteiger partial charge in [-0.25, -0.2) is 4.98 Å². The molecule has 0 radical (unpaired) electrons. The van der Waals surface area contributed by atoms with Crippen LogP contribution in [0.1, 0.15) is 5.56 Å². The lowest BCUT2D eigenvalue weighted by molar-refractivity contribution is 0.295. The van der Waals surface area contributed by atoms with Gasteiger partial charge in [0.25, 0.3) is 0 Å². The van der Waals surface area contributed by atoms with Gasteiger partial charge in [-0.15, -0.1) is 0 Å². The molecule has 0 amide bonds. The van der Waals surface area contributed by atoms with Crippen molar-refractivity contribution in [2.75, 3.05) is 5.73 Å². The minimum absolute atomic E-state index is 0.412. The Labute approximate surface area is 102 Å². The van der Waals surface area contributed by atoms with Crippen molar-refractivity contribution in [3.8, 4) is 5.88 Å². The van der Waals surface area contributed by atoms with Crippen LogP contribution in [0.15, 0.2) is 41.3 Å². The number of benzene rings is 1. The van der Waals surface area contributed by atoms with Crippen LogP contribution in [0.25, 0.3) is 0 Å². The number of hydrogen-bond donors (Lipinski definition) is 1. The molecule has 1 heterocycles. The summed E-state index contributed by atoms with van der Waals surface area (Å²) in [7, 11) is 0. The van der Waals surface area contributed by atoms with E-state index in [9.17, 15) is 0 Å². The number of halogens is 1. The van der Waals surface area contributed by atoms with E-state index in [1.807, 2.05) is 24.3 Å². The first-order valence-corrected chi connectivity index (χ1v) is 5.48. The summed E-state index contributed by atoms with van der Waals surface area (Å²) in [4.78, 5) is 7.74. The smallest absolute Gasteiger partial charge is 0.240 e. The van der Waals surface area contributed by atoms with E-state index in [-0.39, 0.29) is 0 Å². The quantitative estimate of drug-likeness (QED) is 0.937. The summed E-state index contributed by atoms with van der Waals surface area (Å²) in [5, 5.41) is 0. The minimum Gasteiger partial charge on any atom is -0.471 e. The fourth-order valence-corrected chi connectivity index (χ4v) is 1.67. The van der Waals surface area contributed by atoms with Gasteiger partial charge in [-0.2, -0.15) is 4.98 Å². The second-order valence-corrected chi connectivity index (χ2v) is 4.12. The molecule has 1 aromatic carbocycles. The van der Waals surface area contributed by atoms with Crippen LogP contribution >= 0.6 is 15.9 Å². The highest BCUT2D eigenvalue weighted by Crippen LogP contribution is 2.17. The second kappa shape index (κ2) is 4.94. The molecule has 0 aliphatic carbocycles. The Morgan fingerprint density at radius 3 is 3.00 bits per heavy atom. The maximum Gasteiger partial charge on any atom is 0.240 e. The molecule has 1 aromatic heterocycles. The Balaban J connectivity index is 2.05. The van der Waals surface area contributed by atoms with Crippen molar-refractivity contribution in [3.63, 3.8) is 0 Å². The van der Waals surface area contributed by atoms with Crippen LogP contribution in [0.2, 0.25) is 0 Å². The first-order valence-electron chi connectivity index (χ1n) is 4.68. The Morgan fingerprint density at radius 2 is 2.25 bits per heavy atom. The van der Waals surface area contributed by atoms with Crippen LogP contribution in [-0.2, 0) is 6.61 Å². The van der Waals surface area contributed by atoms with Crippen LogP contribution in [0.3, 0.4) is 0 Å². The van der Waals surface area contributed by atoms with Crippen molar-refractivity contribution in [2.24, 2.45) is 0 Å². The maximum absolute atomic E-state index is 5.66. The summed E-state index contributed by atoms with van der Waals surface area (Å²) < 4.78 is 6.50. The van der Waals surface area contributed by atoms with Gasteiger partial charge in [0.2, 0.25) is 5.88 Å². The summed E-state index contributed by atoms with van der Waals surface area (Å²) in [5.74, 6) is 0.412. The van der Waals surface area contributed by atoms with Crippen molar-refractivity contribution in [1.82, 2.24) is 9.97 Å². The van der Waals surface area contributed by atoms with E-state index in [1.54, 1.807) is 0 Å². The van der Waals surface area contributed by atoms with Crippen molar-refractivity contribution in [2.45, 2.75) is 6.61 Å². The van der Waals surface area contributed by atoms with Gasteiger partial charge < -0.3 is 10.5 Å². The predicted molar refractivity (Wildman–Crippen MR) is 64.9 cm³/mol. The summed E-state index contributed by atoms with van der Waals surface area (Å²) in [6.45, 7) is 0.431. The molecule has 2 rings (SSSR count). The summed E-state index contributed by atoms with van der Waals surface area (Å²) >= 11 is 3.40. The zero-order valence-electron chi connectivity index (χ0n) is 8.43. The molecule has 0 bridgehead atoms. The third kappa shape index (κ3) is 2.70. The Bertz CT molecular complexity index is 490. The van der Waals surface area contributed by atoms with Gasteiger partial charge >= 0.3 is 0 Å². The molecule has 0 saturated heterocycles. The number of rotatable bonds is 3. The highest BCUT2D eigenvalue weighted by molar-refractivity contribution is 9.10. The van der Waals surface area contributed by atoms with E-state index >= 15 is 0 Å². The molecule has 0 atom stereocenters.